The van der Waals surface area contributed by atoms with E-state index in [1.54, 1.807) is 10.8 Å². The largest absolute Gasteiger partial charge is 0.464 e. The highest BCUT2D eigenvalue weighted by Gasteiger charge is 2.20. The number of nitrogens with zero attached hydrogens (tertiary/aromatic N) is 4. The summed E-state index contributed by atoms with van der Waals surface area (Å²) in [6, 6.07) is 0. The maximum Gasteiger partial charge on any atom is 0.360 e. The molecule has 0 aliphatic heterocycles. The van der Waals surface area contributed by atoms with E-state index in [1.807, 2.05) is 24.7 Å². The molecule has 2 heterocycles. The van der Waals surface area contributed by atoms with Gasteiger partial charge >= 0.3 is 5.97 Å². The van der Waals surface area contributed by atoms with Crippen molar-refractivity contribution in [2.24, 2.45) is 7.05 Å². The van der Waals surface area contributed by atoms with Gasteiger partial charge in [-0.1, -0.05) is 6.92 Å². The number of methoxy groups -OCH3 is 1. The number of aromatic nitrogens is 4. The summed E-state index contributed by atoms with van der Waals surface area (Å²) >= 11 is 0. The van der Waals surface area contributed by atoms with E-state index in [2.05, 4.69) is 14.7 Å². The van der Waals surface area contributed by atoms with Gasteiger partial charge in [0.15, 0.2) is 5.69 Å². The maximum atomic E-state index is 11.6. The summed E-state index contributed by atoms with van der Waals surface area (Å²) in [6.07, 6.45) is 4.25. The number of esters is 1. The van der Waals surface area contributed by atoms with E-state index in [1.165, 1.54) is 7.11 Å². The Bertz CT molecular complexity index is 599. The second-order valence-electron chi connectivity index (χ2n) is 4.15. The molecule has 2 N–H and O–H groups in total. The van der Waals surface area contributed by atoms with E-state index in [0.717, 1.165) is 11.6 Å². The van der Waals surface area contributed by atoms with Crippen LogP contribution >= 0.6 is 0 Å². The number of anilines is 1. The predicted octanol–water partition coefficient (Wildman–Crippen LogP) is 0.596. The van der Waals surface area contributed by atoms with Crippen LogP contribution in [0.3, 0.4) is 0 Å². The average molecular weight is 263 g/mol. The smallest absolute Gasteiger partial charge is 0.360 e. The fraction of sp³-hybridized carbons (Fsp3) is 0.417. The van der Waals surface area contributed by atoms with E-state index in [4.69, 9.17) is 5.73 Å². The number of aryl methyl sites for hydroxylation is 2. The van der Waals surface area contributed by atoms with Gasteiger partial charge in [0.2, 0.25) is 0 Å². The molecule has 0 fully saturated rings. The number of carbonyl (C=O) groups is 1. The molecule has 0 radical (unpaired) electrons. The zero-order valence-corrected chi connectivity index (χ0v) is 11.3. The number of ether oxygens (including phenoxy) is 1. The molecule has 0 aliphatic carbocycles. The molecule has 2 aromatic rings. The molecule has 0 atom stereocenters. The van der Waals surface area contributed by atoms with Crippen molar-refractivity contribution in [1.82, 2.24) is 19.1 Å². The highest BCUT2D eigenvalue weighted by molar-refractivity contribution is 5.92. The summed E-state index contributed by atoms with van der Waals surface area (Å²) in [5.41, 5.74) is 6.15. The second kappa shape index (κ2) is 5.13. The van der Waals surface area contributed by atoms with Crippen molar-refractivity contribution in [1.29, 1.82) is 0 Å². The Morgan fingerprint density at radius 1 is 1.47 bits per heavy atom. The number of rotatable bonds is 4. The van der Waals surface area contributed by atoms with Gasteiger partial charge in [0.05, 0.1) is 13.7 Å². The average Bonchev–Trinajstić information content (AvgIpc) is 2.95. The summed E-state index contributed by atoms with van der Waals surface area (Å²) in [4.78, 5) is 20.1. The molecular weight excluding hydrogens is 246 g/mol. The molecule has 19 heavy (non-hydrogen) atoms. The van der Waals surface area contributed by atoms with Crippen LogP contribution < -0.4 is 5.73 Å². The highest BCUT2D eigenvalue weighted by atomic mass is 16.5. The van der Waals surface area contributed by atoms with Gasteiger partial charge in [0, 0.05) is 25.9 Å². The van der Waals surface area contributed by atoms with Crippen LogP contribution in [0.25, 0.3) is 0 Å². The van der Waals surface area contributed by atoms with Crippen LogP contribution in [-0.4, -0.2) is 32.2 Å². The topological polar surface area (TPSA) is 88.0 Å². The number of hydrogen-bond acceptors (Lipinski definition) is 5. The molecule has 0 saturated heterocycles. The lowest BCUT2D eigenvalue weighted by molar-refractivity contribution is 0.0595. The number of nitrogen functional groups attached to an aromatic ring is 1. The molecule has 0 unspecified atom stereocenters. The summed E-state index contributed by atoms with van der Waals surface area (Å²) in [7, 11) is 3.22. The summed E-state index contributed by atoms with van der Waals surface area (Å²) < 4.78 is 8.36. The molecule has 7 heteroatoms. The van der Waals surface area contributed by atoms with Crippen LogP contribution in [0.5, 0.6) is 0 Å². The standard InChI is InChI=1S/C12H17N5O2/c1-4-8-15-10(12(18)19-3)11(13)17(8)7-9-14-5-6-16(9)2/h5-6H,4,7,13H2,1-3H3. The van der Waals surface area contributed by atoms with Gasteiger partial charge in [-0.05, 0) is 0 Å². The van der Waals surface area contributed by atoms with E-state index in [-0.39, 0.29) is 5.69 Å². The van der Waals surface area contributed by atoms with Gasteiger partial charge in [0.25, 0.3) is 0 Å². The quantitative estimate of drug-likeness (QED) is 0.816. The molecular formula is C12H17N5O2. The lowest BCUT2D eigenvalue weighted by atomic mass is 10.4. The van der Waals surface area contributed by atoms with Crippen molar-refractivity contribution in [3.63, 3.8) is 0 Å². The van der Waals surface area contributed by atoms with Gasteiger partial charge < -0.3 is 19.6 Å². The minimum Gasteiger partial charge on any atom is -0.464 e. The predicted molar refractivity (Wildman–Crippen MR) is 69.7 cm³/mol. The van der Waals surface area contributed by atoms with Crippen LogP contribution in [0, 0.1) is 0 Å². The van der Waals surface area contributed by atoms with E-state index in [0.29, 0.717) is 18.8 Å². The minimum atomic E-state index is -0.522. The molecule has 7 nitrogen and oxygen atoms in total. The number of hydrogen-bond donors (Lipinski definition) is 1. The van der Waals surface area contributed by atoms with Gasteiger partial charge in [-0.25, -0.2) is 14.8 Å². The first-order valence-electron chi connectivity index (χ1n) is 5.97. The normalized spacial score (nSPS) is 10.7. The first kappa shape index (κ1) is 13.1. The summed E-state index contributed by atoms with van der Waals surface area (Å²) in [5, 5.41) is 0. The fourth-order valence-electron chi connectivity index (χ4n) is 1.90. The Balaban J connectivity index is 2.42. The van der Waals surface area contributed by atoms with Crippen LogP contribution in [0.2, 0.25) is 0 Å². The maximum absolute atomic E-state index is 11.6. The van der Waals surface area contributed by atoms with Gasteiger partial charge in [0.1, 0.15) is 17.5 Å². The van der Waals surface area contributed by atoms with Crippen LogP contribution in [0.4, 0.5) is 5.82 Å². The zero-order valence-electron chi connectivity index (χ0n) is 11.3. The number of carbonyl (C=O) groups excluding carboxylic acids is 1. The van der Waals surface area contributed by atoms with E-state index < -0.39 is 5.97 Å². The number of imidazole rings is 2. The molecule has 0 aliphatic rings. The Hall–Kier alpha value is -2.31. The SMILES string of the molecule is CCc1nc(C(=O)OC)c(N)n1Cc1nccn1C. The lowest BCUT2D eigenvalue weighted by Crippen LogP contribution is -2.12. The van der Waals surface area contributed by atoms with Crippen LogP contribution in [0.15, 0.2) is 12.4 Å². The lowest BCUT2D eigenvalue weighted by Gasteiger charge is -2.08. The third kappa shape index (κ3) is 2.31. The third-order valence-electron chi connectivity index (χ3n) is 3.00. The molecule has 0 spiro atoms. The monoisotopic (exact) mass is 263 g/mol. The molecule has 102 valence electrons. The van der Waals surface area contributed by atoms with E-state index in [9.17, 15) is 4.79 Å². The third-order valence-corrected chi connectivity index (χ3v) is 3.00. The van der Waals surface area contributed by atoms with Crippen molar-refractivity contribution in [3.05, 3.63) is 29.7 Å². The van der Waals surface area contributed by atoms with Gasteiger partial charge in [-0.2, -0.15) is 0 Å². The molecule has 0 aromatic carbocycles. The molecule has 0 amide bonds. The molecule has 0 saturated carbocycles. The molecule has 2 rings (SSSR count). The Labute approximate surface area is 111 Å². The fourth-order valence-corrected chi connectivity index (χ4v) is 1.90. The Kier molecular flexibility index (Phi) is 3.55. The Morgan fingerprint density at radius 3 is 2.74 bits per heavy atom. The van der Waals surface area contributed by atoms with Gasteiger partial charge in [-0.3, -0.25) is 0 Å². The summed E-state index contributed by atoms with van der Waals surface area (Å²) in [5.74, 6) is 1.37. The van der Waals surface area contributed by atoms with Crippen molar-refractivity contribution in [3.8, 4) is 0 Å². The van der Waals surface area contributed by atoms with Crippen molar-refractivity contribution < 1.29 is 9.53 Å². The van der Waals surface area contributed by atoms with Gasteiger partial charge in [-0.15, -0.1) is 0 Å². The first-order chi connectivity index (χ1) is 9.08. The van der Waals surface area contributed by atoms with Crippen molar-refractivity contribution in [2.45, 2.75) is 19.9 Å². The van der Waals surface area contributed by atoms with Crippen molar-refractivity contribution >= 4 is 11.8 Å². The highest BCUT2D eigenvalue weighted by Crippen LogP contribution is 2.17. The van der Waals surface area contributed by atoms with Crippen LogP contribution in [-0.2, 0) is 24.8 Å². The minimum absolute atomic E-state index is 0.161. The first-order valence-corrected chi connectivity index (χ1v) is 5.97. The zero-order chi connectivity index (χ0) is 14.0. The molecule has 0 bridgehead atoms. The molecule has 2 aromatic heterocycles. The summed E-state index contributed by atoms with van der Waals surface area (Å²) in [6.45, 7) is 2.43. The van der Waals surface area contributed by atoms with Crippen LogP contribution in [0.1, 0.15) is 29.1 Å². The number of nitrogens with two attached hydrogens (primary N) is 1. The Morgan fingerprint density at radius 2 is 2.21 bits per heavy atom. The van der Waals surface area contributed by atoms with Crippen molar-refractivity contribution in [2.75, 3.05) is 12.8 Å². The van der Waals surface area contributed by atoms with E-state index >= 15 is 0 Å². The second-order valence-corrected chi connectivity index (χ2v) is 4.15.